The second kappa shape index (κ2) is 8.07. The minimum atomic E-state index is -0.0881. The van der Waals surface area contributed by atoms with Gasteiger partial charge in [0.25, 0.3) is 0 Å². The molecule has 3 rings (SSSR count). The lowest BCUT2D eigenvalue weighted by Crippen LogP contribution is -2.11. The highest BCUT2D eigenvalue weighted by atomic mass is 35.5. The Morgan fingerprint density at radius 1 is 0.964 bits per heavy atom. The molecule has 0 radical (unpaired) electrons. The number of hydrogen-bond acceptors (Lipinski definition) is 3. The minimum absolute atomic E-state index is 0.0354. The number of hydrogen-bond donors (Lipinski definition) is 1. The Bertz CT molecular complexity index is 1020. The number of para-hydroxylation sites is 2. The highest BCUT2D eigenvalue weighted by Gasteiger charge is 2.17. The lowest BCUT2D eigenvalue weighted by Gasteiger charge is -2.20. The van der Waals surface area contributed by atoms with Crippen molar-refractivity contribution < 1.29 is 9.84 Å². The Balaban J connectivity index is 2.07. The maximum Gasteiger partial charge on any atom is 0.142 e. The average molecular weight is 394 g/mol. The van der Waals surface area contributed by atoms with Crippen molar-refractivity contribution in [1.82, 2.24) is 0 Å². The van der Waals surface area contributed by atoms with E-state index in [2.05, 4.69) is 25.8 Å². The number of rotatable bonds is 4. The van der Waals surface area contributed by atoms with Gasteiger partial charge in [0.15, 0.2) is 0 Å². The van der Waals surface area contributed by atoms with Crippen molar-refractivity contribution in [3.05, 3.63) is 76.8 Å². The van der Waals surface area contributed by atoms with Gasteiger partial charge in [-0.3, -0.25) is 4.99 Å². The third kappa shape index (κ3) is 4.20. The summed E-state index contributed by atoms with van der Waals surface area (Å²) in [7, 11) is 1.66. The van der Waals surface area contributed by atoms with Crippen LogP contribution in [0.15, 0.2) is 65.7 Å². The van der Waals surface area contributed by atoms with E-state index in [0.29, 0.717) is 10.6 Å². The van der Waals surface area contributed by atoms with Gasteiger partial charge in [-0.05, 0) is 35.2 Å². The predicted octanol–water partition coefficient (Wildman–Crippen LogP) is 6.77. The van der Waals surface area contributed by atoms with Gasteiger partial charge in [-0.2, -0.15) is 0 Å². The van der Waals surface area contributed by atoms with Gasteiger partial charge in [-0.1, -0.05) is 68.8 Å². The Hall–Kier alpha value is -2.78. The quantitative estimate of drug-likeness (QED) is 0.497. The molecule has 0 aliphatic rings. The molecule has 0 amide bonds. The summed E-state index contributed by atoms with van der Waals surface area (Å²) in [6.07, 6.45) is 1.66. The number of nitrogens with zero attached hydrogens (tertiary/aromatic N) is 1. The molecule has 0 spiro atoms. The number of halogens is 1. The van der Waals surface area contributed by atoms with Gasteiger partial charge in [-0.25, -0.2) is 0 Å². The zero-order valence-electron chi connectivity index (χ0n) is 16.5. The molecule has 0 fully saturated rings. The van der Waals surface area contributed by atoms with Crippen molar-refractivity contribution in [3.63, 3.8) is 0 Å². The van der Waals surface area contributed by atoms with Crippen LogP contribution in [0.3, 0.4) is 0 Å². The van der Waals surface area contributed by atoms with E-state index in [4.69, 9.17) is 16.3 Å². The van der Waals surface area contributed by atoms with E-state index < -0.39 is 0 Å². The molecule has 0 heterocycles. The second-order valence-electron chi connectivity index (χ2n) is 7.62. The first kappa shape index (κ1) is 20.0. The molecular formula is C24H24ClNO2. The zero-order valence-corrected chi connectivity index (χ0v) is 17.3. The highest BCUT2D eigenvalue weighted by molar-refractivity contribution is 6.32. The van der Waals surface area contributed by atoms with Gasteiger partial charge in [0.2, 0.25) is 0 Å². The molecule has 4 heteroatoms. The van der Waals surface area contributed by atoms with Crippen LogP contribution in [0.1, 0.15) is 31.9 Å². The first-order valence-electron chi connectivity index (χ1n) is 9.10. The molecule has 0 atom stereocenters. The van der Waals surface area contributed by atoms with Crippen LogP contribution in [0, 0.1) is 0 Å². The maximum atomic E-state index is 10.4. The lowest BCUT2D eigenvalue weighted by atomic mass is 9.86. The molecule has 0 saturated heterocycles. The monoisotopic (exact) mass is 393 g/mol. The summed E-state index contributed by atoms with van der Waals surface area (Å²) in [4.78, 5) is 4.65. The zero-order chi connectivity index (χ0) is 20.3. The summed E-state index contributed by atoms with van der Waals surface area (Å²) in [6.45, 7) is 6.31. The molecule has 0 unspecified atom stereocenters. The van der Waals surface area contributed by atoms with Crippen molar-refractivity contribution in [1.29, 1.82) is 0 Å². The first-order chi connectivity index (χ1) is 13.3. The van der Waals surface area contributed by atoms with Gasteiger partial charge in [0, 0.05) is 22.9 Å². The number of methoxy groups -OCH3 is 1. The van der Waals surface area contributed by atoms with Crippen molar-refractivity contribution in [2.24, 2.45) is 4.99 Å². The van der Waals surface area contributed by atoms with Gasteiger partial charge < -0.3 is 9.84 Å². The van der Waals surface area contributed by atoms with Crippen LogP contribution in [0.5, 0.6) is 11.5 Å². The van der Waals surface area contributed by atoms with Gasteiger partial charge in [0.1, 0.15) is 11.5 Å². The van der Waals surface area contributed by atoms with Crippen LogP contribution in [-0.2, 0) is 5.41 Å². The third-order valence-electron chi connectivity index (χ3n) is 4.60. The molecule has 1 N–H and O–H groups in total. The van der Waals surface area contributed by atoms with E-state index in [9.17, 15) is 5.11 Å². The van der Waals surface area contributed by atoms with Crippen LogP contribution >= 0.6 is 11.6 Å². The number of aliphatic imine (C=N–C) groups is 1. The van der Waals surface area contributed by atoms with Crippen LogP contribution < -0.4 is 4.74 Å². The first-order valence-corrected chi connectivity index (χ1v) is 9.48. The van der Waals surface area contributed by atoms with E-state index in [1.807, 2.05) is 54.6 Å². The molecule has 3 nitrogen and oxygen atoms in total. The summed E-state index contributed by atoms with van der Waals surface area (Å²) in [5.41, 5.74) is 4.23. The fourth-order valence-corrected chi connectivity index (χ4v) is 3.20. The fraction of sp³-hybridized carbons (Fsp3) is 0.208. The molecular weight excluding hydrogens is 370 g/mol. The van der Waals surface area contributed by atoms with Crippen LogP contribution in [0.4, 0.5) is 5.69 Å². The highest BCUT2D eigenvalue weighted by Crippen LogP contribution is 2.37. The van der Waals surface area contributed by atoms with E-state index in [1.165, 1.54) is 0 Å². The molecule has 3 aromatic carbocycles. The SMILES string of the molecule is COc1ccccc1-c1ccccc1N=Cc1cc(C(C)(C)C)cc(Cl)c1O. The summed E-state index contributed by atoms with van der Waals surface area (Å²) < 4.78 is 5.50. The molecule has 0 aliphatic carbocycles. The summed E-state index contributed by atoms with van der Waals surface area (Å²) >= 11 is 6.25. The standard InChI is InChI=1S/C24H24ClNO2/c1-24(2,3)17-13-16(23(27)20(25)14-17)15-26-21-11-7-5-9-18(21)19-10-6-8-12-22(19)28-4/h5-15,27H,1-4H3. The second-order valence-corrected chi connectivity index (χ2v) is 8.03. The summed E-state index contributed by atoms with van der Waals surface area (Å²) in [5.74, 6) is 0.818. The Kier molecular flexibility index (Phi) is 5.76. The minimum Gasteiger partial charge on any atom is -0.506 e. The van der Waals surface area contributed by atoms with Gasteiger partial charge >= 0.3 is 0 Å². The molecule has 0 aromatic heterocycles. The fourth-order valence-electron chi connectivity index (χ4n) is 2.97. The van der Waals surface area contributed by atoms with Crippen molar-refractivity contribution in [3.8, 4) is 22.6 Å². The smallest absolute Gasteiger partial charge is 0.142 e. The normalized spacial score (nSPS) is 11.8. The molecule has 3 aromatic rings. The Morgan fingerprint density at radius 2 is 1.61 bits per heavy atom. The Labute approximate surface area is 171 Å². The largest absolute Gasteiger partial charge is 0.506 e. The number of phenols is 1. The topological polar surface area (TPSA) is 41.8 Å². The van der Waals surface area contributed by atoms with E-state index in [-0.39, 0.29) is 11.2 Å². The molecule has 144 valence electrons. The van der Waals surface area contributed by atoms with Crippen LogP contribution in [-0.4, -0.2) is 18.4 Å². The third-order valence-corrected chi connectivity index (χ3v) is 4.89. The van der Waals surface area contributed by atoms with Gasteiger partial charge in [0.05, 0.1) is 17.8 Å². The predicted molar refractivity (Wildman–Crippen MR) is 118 cm³/mol. The van der Waals surface area contributed by atoms with Gasteiger partial charge in [-0.15, -0.1) is 0 Å². The number of phenolic OH excluding ortho intramolecular Hbond substituents is 1. The molecule has 0 saturated carbocycles. The van der Waals surface area contributed by atoms with E-state index in [1.54, 1.807) is 19.4 Å². The summed E-state index contributed by atoms with van der Waals surface area (Å²) in [5, 5.41) is 10.7. The molecule has 0 bridgehead atoms. The average Bonchev–Trinajstić information content (AvgIpc) is 2.68. The summed E-state index contributed by atoms with van der Waals surface area (Å²) in [6, 6.07) is 19.4. The number of aromatic hydroxyl groups is 1. The van der Waals surface area contributed by atoms with Crippen LogP contribution in [0.2, 0.25) is 5.02 Å². The number of ether oxygens (including phenoxy) is 1. The molecule has 28 heavy (non-hydrogen) atoms. The lowest BCUT2D eigenvalue weighted by molar-refractivity contribution is 0.416. The van der Waals surface area contributed by atoms with Crippen molar-refractivity contribution in [2.75, 3.05) is 7.11 Å². The van der Waals surface area contributed by atoms with Crippen molar-refractivity contribution in [2.45, 2.75) is 26.2 Å². The van der Waals surface area contributed by atoms with Crippen LogP contribution in [0.25, 0.3) is 11.1 Å². The number of benzene rings is 3. The Morgan fingerprint density at radius 3 is 2.29 bits per heavy atom. The van der Waals surface area contributed by atoms with Crippen molar-refractivity contribution >= 4 is 23.5 Å². The molecule has 0 aliphatic heterocycles. The van der Waals surface area contributed by atoms with E-state index in [0.717, 1.165) is 28.1 Å². The van der Waals surface area contributed by atoms with E-state index >= 15 is 0 Å². The maximum absolute atomic E-state index is 10.4.